The summed E-state index contributed by atoms with van der Waals surface area (Å²) in [5.74, 6) is -0.607. The molecule has 3 amide bonds. The number of carbonyl (C=O) groups excluding carboxylic acids is 3. The molecule has 0 aromatic carbocycles. The molecule has 1 aromatic rings. The molecule has 1 aromatic heterocycles. The maximum absolute atomic E-state index is 12.7. The molecule has 1 saturated heterocycles. The number of nitrogens with one attached hydrogen (secondary N) is 2. The van der Waals surface area contributed by atoms with Gasteiger partial charge in [-0.1, -0.05) is 0 Å². The largest absolute Gasteiger partial charge is 0.450 e. The zero-order valence-electron chi connectivity index (χ0n) is 15.8. The molecule has 0 unspecified atom stereocenters. The number of aryl methyl sites for hydroxylation is 1. The van der Waals surface area contributed by atoms with E-state index in [2.05, 4.69) is 5.32 Å². The first-order valence-electron chi connectivity index (χ1n) is 9.43. The van der Waals surface area contributed by atoms with Crippen LogP contribution in [0.15, 0.2) is 0 Å². The van der Waals surface area contributed by atoms with E-state index in [0.717, 1.165) is 34.6 Å². The van der Waals surface area contributed by atoms with E-state index in [4.69, 9.17) is 10.5 Å². The van der Waals surface area contributed by atoms with Gasteiger partial charge in [0.15, 0.2) is 6.04 Å². The van der Waals surface area contributed by atoms with Crippen LogP contribution in [0.2, 0.25) is 0 Å². The fraction of sp³-hybridized carbons (Fsp3) is 0.611. The molecule has 27 heavy (non-hydrogen) atoms. The van der Waals surface area contributed by atoms with Gasteiger partial charge in [0.2, 0.25) is 0 Å². The molecular formula is C18H27N4O4S+. The van der Waals surface area contributed by atoms with Crippen LogP contribution < -0.4 is 16.0 Å². The van der Waals surface area contributed by atoms with Crippen molar-refractivity contribution >= 4 is 34.2 Å². The molecule has 0 spiro atoms. The number of ether oxygens (including phenoxy) is 1. The van der Waals surface area contributed by atoms with Crippen LogP contribution in [0.3, 0.4) is 0 Å². The maximum Gasteiger partial charge on any atom is 0.410 e. The summed E-state index contributed by atoms with van der Waals surface area (Å²) in [6.45, 7) is 6.49. The predicted molar refractivity (Wildman–Crippen MR) is 102 cm³/mol. The van der Waals surface area contributed by atoms with Crippen molar-refractivity contribution in [2.24, 2.45) is 5.73 Å². The Morgan fingerprint density at radius 3 is 2.63 bits per heavy atom. The third kappa shape index (κ3) is 4.08. The fourth-order valence-corrected chi connectivity index (χ4v) is 5.08. The van der Waals surface area contributed by atoms with Gasteiger partial charge < -0.3 is 20.7 Å². The second-order valence-electron chi connectivity index (χ2n) is 6.98. The Hall–Kier alpha value is -2.13. The van der Waals surface area contributed by atoms with E-state index in [-0.39, 0.29) is 18.0 Å². The molecule has 4 N–H and O–H groups in total. The first-order valence-corrected chi connectivity index (χ1v) is 10.3. The van der Waals surface area contributed by atoms with Gasteiger partial charge in [-0.25, -0.2) is 4.79 Å². The summed E-state index contributed by atoms with van der Waals surface area (Å²) in [6, 6.07) is -0.285. The van der Waals surface area contributed by atoms with E-state index in [1.54, 1.807) is 11.8 Å². The van der Waals surface area contributed by atoms with E-state index in [1.807, 2.05) is 6.92 Å². The van der Waals surface area contributed by atoms with Gasteiger partial charge in [0.25, 0.3) is 11.8 Å². The number of thiophene rings is 1. The number of hydrogen-bond acceptors (Lipinski definition) is 5. The molecule has 1 aliphatic heterocycles. The number of nitrogens with two attached hydrogens (primary N) is 1. The summed E-state index contributed by atoms with van der Waals surface area (Å²) in [5.41, 5.74) is 7.04. The third-order valence-electron chi connectivity index (χ3n) is 5.34. The number of amides is 3. The number of piperazine rings is 1. The van der Waals surface area contributed by atoms with Crippen molar-refractivity contribution in [3.63, 3.8) is 0 Å². The lowest BCUT2D eigenvalue weighted by Gasteiger charge is -2.34. The number of fused-ring (bicyclic) bond motifs is 1. The molecule has 2 aliphatic rings. The Morgan fingerprint density at radius 2 is 2.00 bits per heavy atom. The second-order valence-corrected chi connectivity index (χ2v) is 8.09. The molecule has 1 fully saturated rings. The first-order chi connectivity index (χ1) is 12.9. The molecule has 1 atom stereocenters. The average Bonchev–Trinajstić information content (AvgIpc) is 3.21. The topological polar surface area (TPSA) is 106 Å². The van der Waals surface area contributed by atoms with E-state index >= 15 is 0 Å². The van der Waals surface area contributed by atoms with Crippen molar-refractivity contribution in [2.45, 2.75) is 39.2 Å². The number of anilines is 1. The Kier molecular flexibility index (Phi) is 6.01. The highest BCUT2D eigenvalue weighted by atomic mass is 32.1. The monoisotopic (exact) mass is 395 g/mol. The fourth-order valence-electron chi connectivity index (χ4n) is 3.78. The van der Waals surface area contributed by atoms with Crippen LogP contribution in [-0.4, -0.2) is 61.6 Å². The van der Waals surface area contributed by atoms with E-state index in [9.17, 15) is 14.4 Å². The van der Waals surface area contributed by atoms with Crippen molar-refractivity contribution < 1.29 is 24.0 Å². The van der Waals surface area contributed by atoms with Crippen LogP contribution in [-0.2, 0) is 22.4 Å². The maximum atomic E-state index is 12.7. The number of carbonyl (C=O) groups is 3. The van der Waals surface area contributed by atoms with Gasteiger partial charge in [-0.05, 0) is 38.7 Å². The Morgan fingerprint density at radius 1 is 1.30 bits per heavy atom. The highest BCUT2D eigenvalue weighted by molar-refractivity contribution is 7.17. The summed E-state index contributed by atoms with van der Waals surface area (Å²) >= 11 is 1.47. The number of nitrogens with zero attached hydrogens (tertiary/aromatic N) is 1. The molecule has 0 saturated carbocycles. The summed E-state index contributed by atoms with van der Waals surface area (Å²) in [4.78, 5) is 40.3. The highest BCUT2D eigenvalue weighted by Gasteiger charge is 2.33. The van der Waals surface area contributed by atoms with Crippen molar-refractivity contribution in [1.29, 1.82) is 0 Å². The summed E-state index contributed by atoms with van der Waals surface area (Å²) < 4.78 is 5.02. The molecule has 148 valence electrons. The van der Waals surface area contributed by atoms with Crippen LogP contribution in [0.4, 0.5) is 9.80 Å². The van der Waals surface area contributed by atoms with Gasteiger partial charge in [0.05, 0.1) is 38.3 Å². The smallest absolute Gasteiger partial charge is 0.410 e. The van der Waals surface area contributed by atoms with E-state index in [1.165, 1.54) is 11.3 Å². The zero-order chi connectivity index (χ0) is 19.6. The van der Waals surface area contributed by atoms with Gasteiger partial charge in [-0.2, -0.15) is 0 Å². The van der Waals surface area contributed by atoms with Crippen molar-refractivity contribution in [3.05, 3.63) is 16.0 Å². The standard InChI is InChI=1S/C18H26N4O4S/c1-3-26-18(25)22-9-7-21(8-10-22)11(2)16(24)20-17-14(15(19)23)12-5-4-6-13(12)27-17/h11H,3-10H2,1-2H3,(H2,19,23)(H,20,24)/p+1/t11-/m1/s1. The lowest BCUT2D eigenvalue weighted by Crippen LogP contribution is -3.19. The molecule has 1 aliphatic carbocycles. The Labute approximate surface area is 162 Å². The predicted octanol–water partition coefficient (Wildman–Crippen LogP) is 0.0197. The van der Waals surface area contributed by atoms with Crippen molar-refractivity contribution in [1.82, 2.24) is 4.90 Å². The SMILES string of the molecule is CCOC(=O)N1CC[NH+]([C@H](C)C(=O)Nc2sc3c(c2C(N)=O)CCC3)CC1. The molecule has 2 heterocycles. The summed E-state index contributed by atoms with van der Waals surface area (Å²) in [6.07, 6.45) is 2.51. The average molecular weight is 396 g/mol. The highest BCUT2D eigenvalue weighted by Crippen LogP contribution is 2.38. The third-order valence-corrected chi connectivity index (χ3v) is 6.55. The minimum Gasteiger partial charge on any atom is -0.450 e. The van der Waals surface area contributed by atoms with E-state index < -0.39 is 5.91 Å². The lowest BCUT2D eigenvalue weighted by molar-refractivity contribution is -0.917. The first kappa shape index (κ1) is 19.6. The minimum absolute atomic E-state index is 0.128. The number of rotatable bonds is 5. The van der Waals surface area contributed by atoms with Crippen LogP contribution in [0.1, 0.15) is 41.1 Å². The molecule has 0 radical (unpaired) electrons. The molecule has 8 nitrogen and oxygen atoms in total. The Balaban J connectivity index is 1.61. The van der Waals surface area contributed by atoms with Crippen LogP contribution >= 0.6 is 11.3 Å². The van der Waals surface area contributed by atoms with Crippen LogP contribution in [0, 0.1) is 0 Å². The number of hydrogen-bond donors (Lipinski definition) is 3. The van der Waals surface area contributed by atoms with Crippen molar-refractivity contribution in [3.8, 4) is 0 Å². The normalized spacial score (nSPS) is 18.1. The van der Waals surface area contributed by atoms with Gasteiger partial charge >= 0.3 is 6.09 Å². The minimum atomic E-state index is -0.479. The van der Waals surface area contributed by atoms with Gasteiger partial charge in [-0.3, -0.25) is 14.5 Å². The van der Waals surface area contributed by atoms with E-state index in [0.29, 0.717) is 43.4 Å². The molecular weight excluding hydrogens is 368 g/mol. The van der Waals surface area contributed by atoms with Gasteiger partial charge in [-0.15, -0.1) is 11.3 Å². The van der Waals surface area contributed by atoms with Crippen LogP contribution in [0.25, 0.3) is 0 Å². The molecule has 0 bridgehead atoms. The number of primary amides is 1. The summed E-state index contributed by atoms with van der Waals surface area (Å²) in [7, 11) is 0. The van der Waals surface area contributed by atoms with Crippen LogP contribution in [0.5, 0.6) is 0 Å². The van der Waals surface area contributed by atoms with Gasteiger partial charge in [0.1, 0.15) is 5.00 Å². The lowest BCUT2D eigenvalue weighted by atomic mass is 10.1. The second kappa shape index (κ2) is 8.26. The van der Waals surface area contributed by atoms with Crippen molar-refractivity contribution in [2.75, 3.05) is 38.1 Å². The molecule has 9 heteroatoms. The summed E-state index contributed by atoms with van der Waals surface area (Å²) in [5, 5.41) is 3.50. The molecule has 3 rings (SSSR count). The van der Waals surface area contributed by atoms with Gasteiger partial charge in [0, 0.05) is 4.88 Å². The Bertz CT molecular complexity index is 740. The number of quaternary nitrogens is 1. The zero-order valence-corrected chi connectivity index (χ0v) is 16.6. The quantitative estimate of drug-likeness (QED) is 0.653.